The van der Waals surface area contributed by atoms with Crippen molar-refractivity contribution in [3.05, 3.63) is 23.8 Å². The first-order chi connectivity index (χ1) is 6.09. The van der Waals surface area contributed by atoms with Crippen molar-refractivity contribution in [2.24, 2.45) is 11.7 Å². The molecule has 0 aromatic carbocycles. The number of hydrogen-bond acceptors (Lipinski definition) is 3. The minimum Gasteiger partial charge on any atom is -0.387 e. The van der Waals surface area contributed by atoms with Crippen LogP contribution in [0, 0.1) is 18.3 Å². The monoisotopic (exact) mass is 178 g/mol. The molecular weight excluding hydrogens is 164 g/mol. The minimum atomic E-state index is 0.0503. The van der Waals surface area contributed by atoms with E-state index in [-0.39, 0.29) is 11.8 Å². The van der Waals surface area contributed by atoms with Crippen molar-refractivity contribution < 1.29 is 0 Å². The molecule has 0 fully saturated rings. The molecule has 4 heteroatoms. The number of nitrogens with zero attached hydrogens (tertiary/aromatic N) is 2. The third-order valence-corrected chi connectivity index (χ3v) is 1.88. The molecule has 70 valence electrons. The molecule has 3 N–H and O–H groups in total. The van der Waals surface area contributed by atoms with Crippen molar-refractivity contribution >= 4 is 5.84 Å². The number of nitrogens with one attached hydrogen (secondary N) is 1. The number of amidine groups is 1. The maximum absolute atomic E-state index is 7.24. The van der Waals surface area contributed by atoms with Crippen LogP contribution >= 0.6 is 0 Å². The van der Waals surface area contributed by atoms with Crippen LogP contribution in [0.3, 0.4) is 0 Å². The highest BCUT2D eigenvalue weighted by molar-refractivity contribution is 5.79. The van der Waals surface area contributed by atoms with E-state index >= 15 is 0 Å². The van der Waals surface area contributed by atoms with E-state index in [0.29, 0.717) is 6.42 Å². The molecule has 1 aromatic heterocycles. The van der Waals surface area contributed by atoms with Gasteiger partial charge in [-0.25, -0.2) is 9.97 Å². The zero-order chi connectivity index (χ0) is 9.84. The molecule has 1 rings (SSSR count). The Morgan fingerprint density at radius 3 is 2.92 bits per heavy atom. The lowest BCUT2D eigenvalue weighted by molar-refractivity contribution is 0.728. The molecule has 0 spiro atoms. The van der Waals surface area contributed by atoms with Crippen LogP contribution in [0.4, 0.5) is 0 Å². The van der Waals surface area contributed by atoms with Crippen molar-refractivity contribution in [2.75, 3.05) is 0 Å². The highest BCUT2D eigenvalue weighted by atomic mass is 14.9. The topological polar surface area (TPSA) is 75.7 Å². The van der Waals surface area contributed by atoms with Crippen LogP contribution in [0.2, 0.25) is 0 Å². The Balaban J connectivity index is 2.69. The van der Waals surface area contributed by atoms with Crippen molar-refractivity contribution in [1.82, 2.24) is 9.97 Å². The Labute approximate surface area is 77.7 Å². The Morgan fingerprint density at radius 2 is 2.38 bits per heavy atom. The van der Waals surface area contributed by atoms with Crippen molar-refractivity contribution in [3.63, 3.8) is 0 Å². The fourth-order valence-corrected chi connectivity index (χ4v) is 1.04. The van der Waals surface area contributed by atoms with E-state index in [9.17, 15) is 0 Å². The lowest BCUT2D eigenvalue weighted by Crippen LogP contribution is -2.22. The van der Waals surface area contributed by atoms with Gasteiger partial charge in [0, 0.05) is 17.8 Å². The summed E-state index contributed by atoms with van der Waals surface area (Å²) in [6, 6.07) is 1.85. The zero-order valence-corrected chi connectivity index (χ0v) is 7.91. The van der Waals surface area contributed by atoms with Crippen LogP contribution in [0.15, 0.2) is 12.3 Å². The van der Waals surface area contributed by atoms with E-state index in [1.54, 1.807) is 6.20 Å². The quantitative estimate of drug-likeness (QED) is 0.533. The van der Waals surface area contributed by atoms with Crippen LogP contribution in [-0.2, 0) is 6.42 Å². The van der Waals surface area contributed by atoms with Crippen LogP contribution in [-0.4, -0.2) is 15.8 Å². The van der Waals surface area contributed by atoms with Gasteiger partial charge in [-0.3, -0.25) is 5.41 Å². The predicted octanol–water partition coefficient (Wildman–Crippen LogP) is 0.900. The summed E-state index contributed by atoms with van der Waals surface area (Å²) in [7, 11) is 0. The van der Waals surface area contributed by atoms with Gasteiger partial charge in [0.05, 0.1) is 5.84 Å². The van der Waals surface area contributed by atoms with Gasteiger partial charge in [0.1, 0.15) is 5.82 Å². The van der Waals surface area contributed by atoms with Gasteiger partial charge < -0.3 is 5.73 Å². The third kappa shape index (κ3) is 2.82. The van der Waals surface area contributed by atoms with E-state index in [1.165, 1.54) is 0 Å². The highest BCUT2D eigenvalue weighted by Gasteiger charge is 2.07. The number of hydrogen-bond donors (Lipinski definition) is 2. The third-order valence-electron chi connectivity index (χ3n) is 1.88. The van der Waals surface area contributed by atoms with Gasteiger partial charge in [0.15, 0.2) is 0 Å². The minimum absolute atomic E-state index is 0.0503. The molecule has 0 bridgehead atoms. The smallest absolute Gasteiger partial charge is 0.125 e. The highest BCUT2D eigenvalue weighted by Crippen LogP contribution is 2.04. The Hall–Kier alpha value is -1.45. The van der Waals surface area contributed by atoms with Crippen LogP contribution < -0.4 is 5.73 Å². The second-order valence-electron chi connectivity index (χ2n) is 3.16. The molecule has 4 nitrogen and oxygen atoms in total. The standard InChI is InChI=1S/C9H14N4/c1-6(9(10)11)5-8-3-4-12-7(2)13-8/h3-4,6H,5H2,1-2H3,(H3,10,11). The van der Waals surface area contributed by atoms with Crippen molar-refractivity contribution in [1.29, 1.82) is 5.41 Å². The Kier molecular flexibility index (Phi) is 2.95. The van der Waals surface area contributed by atoms with Crippen LogP contribution in [0.25, 0.3) is 0 Å². The Morgan fingerprint density at radius 1 is 1.69 bits per heavy atom. The summed E-state index contributed by atoms with van der Waals surface area (Å²) >= 11 is 0. The molecule has 0 saturated heterocycles. The summed E-state index contributed by atoms with van der Waals surface area (Å²) in [6.45, 7) is 3.77. The SMILES string of the molecule is Cc1nccc(CC(C)C(=N)N)n1. The maximum atomic E-state index is 7.24. The first-order valence-electron chi connectivity index (χ1n) is 4.22. The van der Waals surface area contributed by atoms with E-state index in [2.05, 4.69) is 9.97 Å². The fraction of sp³-hybridized carbons (Fsp3) is 0.444. The number of rotatable bonds is 3. The molecule has 1 unspecified atom stereocenters. The van der Waals surface area contributed by atoms with E-state index in [4.69, 9.17) is 11.1 Å². The number of nitrogens with two attached hydrogens (primary N) is 1. The van der Waals surface area contributed by atoms with Gasteiger partial charge >= 0.3 is 0 Å². The zero-order valence-electron chi connectivity index (χ0n) is 7.91. The molecule has 0 saturated carbocycles. The average Bonchev–Trinajstić information content (AvgIpc) is 2.04. The average molecular weight is 178 g/mol. The molecule has 1 heterocycles. The first kappa shape index (κ1) is 9.64. The second kappa shape index (κ2) is 3.98. The second-order valence-corrected chi connectivity index (χ2v) is 3.16. The van der Waals surface area contributed by atoms with Gasteiger partial charge in [-0.2, -0.15) is 0 Å². The summed E-state index contributed by atoms with van der Waals surface area (Å²) in [4.78, 5) is 8.23. The summed E-state index contributed by atoms with van der Waals surface area (Å²) in [6.07, 6.45) is 2.43. The predicted molar refractivity (Wildman–Crippen MR) is 51.6 cm³/mol. The van der Waals surface area contributed by atoms with E-state index in [0.717, 1.165) is 11.5 Å². The van der Waals surface area contributed by atoms with Gasteiger partial charge in [-0.1, -0.05) is 6.92 Å². The molecule has 0 amide bonds. The van der Waals surface area contributed by atoms with Gasteiger partial charge in [-0.15, -0.1) is 0 Å². The fourth-order valence-electron chi connectivity index (χ4n) is 1.04. The summed E-state index contributed by atoms with van der Waals surface area (Å²) < 4.78 is 0. The van der Waals surface area contributed by atoms with Gasteiger partial charge in [0.2, 0.25) is 0 Å². The summed E-state index contributed by atoms with van der Waals surface area (Å²) in [5.41, 5.74) is 6.30. The number of aryl methyl sites for hydroxylation is 1. The molecule has 0 radical (unpaired) electrons. The van der Waals surface area contributed by atoms with E-state index < -0.39 is 0 Å². The normalized spacial score (nSPS) is 12.5. The molecular formula is C9H14N4. The van der Waals surface area contributed by atoms with Crippen molar-refractivity contribution in [3.8, 4) is 0 Å². The van der Waals surface area contributed by atoms with Gasteiger partial charge in [-0.05, 0) is 19.4 Å². The van der Waals surface area contributed by atoms with Crippen molar-refractivity contribution in [2.45, 2.75) is 20.3 Å². The summed E-state index contributed by atoms with van der Waals surface area (Å²) in [5.74, 6) is 1.01. The van der Waals surface area contributed by atoms with Crippen LogP contribution in [0.5, 0.6) is 0 Å². The molecule has 1 aromatic rings. The summed E-state index contributed by atoms with van der Waals surface area (Å²) in [5, 5.41) is 7.24. The molecule has 0 aliphatic heterocycles. The lowest BCUT2D eigenvalue weighted by Gasteiger charge is -2.08. The molecule has 0 aliphatic rings. The largest absolute Gasteiger partial charge is 0.387 e. The lowest BCUT2D eigenvalue weighted by atomic mass is 10.0. The first-order valence-corrected chi connectivity index (χ1v) is 4.22. The van der Waals surface area contributed by atoms with Crippen LogP contribution in [0.1, 0.15) is 18.4 Å². The number of aromatic nitrogens is 2. The van der Waals surface area contributed by atoms with Gasteiger partial charge in [0.25, 0.3) is 0 Å². The maximum Gasteiger partial charge on any atom is 0.125 e. The van der Waals surface area contributed by atoms with E-state index in [1.807, 2.05) is 19.9 Å². The molecule has 13 heavy (non-hydrogen) atoms. The molecule has 0 aliphatic carbocycles. The Bertz CT molecular complexity index is 308. The molecule has 1 atom stereocenters.